The Balaban J connectivity index is 1.24. The molecule has 2 saturated carbocycles. The monoisotopic (exact) mass is 582 g/mol. The van der Waals surface area contributed by atoms with Gasteiger partial charge in [-0.15, -0.1) is 0 Å². The van der Waals surface area contributed by atoms with Crippen LogP contribution in [0.5, 0.6) is 0 Å². The van der Waals surface area contributed by atoms with Crippen molar-refractivity contribution in [2.75, 3.05) is 13.6 Å². The topological polar surface area (TPSA) is 82.2 Å². The lowest BCUT2D eigenvalue weighted by Gasteiger charge is -2.45. The van der Waals surface area contributed by atoms with Crippen molar-refractivity contribution in [1.82, 2.24) is 20.0 Å². The van der Waals surface area contributed by atoms with Crippen LogP contribution in [-0.4, -0.2) is 93.7 Å². The highest BCUT2D eigenvalue weighted by molar-refractivity contribution is 5.93. The number of hydrogen-bond acceptors (Lipinski definition) is 5. The van der Waals surface area contributed by atoms with Crippen LogP contribution in [0.25, 0.3) is 0 Å². The summed E-state index contributed by atoms with van der Waals surface area (Å²) in [7, 11) is 2.06. The molecular weight excluding hydrogens is 535 g/mol. The van der Waals surface area contributed by atoms with E-state index in [2.05, 4.69) is 46.4 Å². The molecule has 6 rings (SSSR count). The zero-order chi connectivity index (χ0) is 29.8. The molecule has 3 amide bonds. The lowest BCUT2D eigenvalue weighted by atomic mass is 9.86. The van der Waals surface area contributed by atoms with Gasteiger partial charge in [0, 0.05) is 36.1 Å². The molecule has 3 heterocycles. The molecule has 5 aliphatic rings. The fraction of sp³-hybridized carbons (Fsp3) is 0.727. The number of carbonyl (C=O) groups is 3. The second-order valence-electron chi connectivity index (χ2n) is 14.5. The number of halogens is 1. The van der Waals surface area contributed by atoms with E-state index in [-0.39, 0.29) is 35.5 Å². The molecule has 1 spiro atoms. The van der Waals surface area contributed by atoms with Crippen molar-refractivity contribution in [3.8, 4) is 0 Å². The first-order valence-electron chi connectivity index (χ1n) is 16.0. The van der Waals surface area contributed by atoms with Gasteiger partial charge in [-0.1, -0.05) is 30.3 Å². The van der Waals surface area contributed by atoms with E-state index in [4.69, 9.17) is 4.74 Å². The molecule has 1 aromatic rings. The van der Waals surface area contributed by atoms with Gasteiger partial charge in [0.1, 0.15) is 23.9 Å². The quantitative estimate of drug-likeness (QED) is 0.541. The molecule has 2 aliphatic carbocycles. The summed E-state index contributed by atoms with van der Waals surface area (Å²) in [5.41, 5.74) is 0.485. The predicted octanol–water partition coefficient (Wildman–Crippen LogP) is 4.77. The molecule has 0 radical (unpaired) electrons. The normalized spacial score (nSPS) is 34.0. The number of nitrogens with zero attached hydrogens (tertiary/aromatic N) is 3. The number of amides is 3. The van der Waals surface area contributed by atoms with Gasteiger partial charge in [-0.2, -0.15) is 0 Å². The Kier molecular flexibility index (Phi) is 7.77. The van der Waals surface area contributed by atoms with Crippen molar-refractivity contribution in [1.29, 1.82) is 0 Å². The smallest absolute Gasteiger partial charge is 0.408 e. The zero-order valence-corrected chi connectivity index (χ0v) is 25.6. The second-order valence-corrected chi connectivity index (χ2v) is 14.5. The molecule has 0 unspecified atom stereocenters. The molecule has 0 aromatic heterocycles. The second kappa shape index (κ2) is 11.1. The van der Waals surface area contributed by atoms with Crippen LogP contribution in [0.3, 0.4) is 0 Å². The zero-order valence-electron chi connectivity index (χ0n) is 25.6. The fourth-order valence-corrected chi connectivity index (χ4v) is 8.01. The van der Waals surface area contributed by atoms with E-state index >= 15 is 0 Å². The summed E-state index contributed by atoms with van der Waals surface area (Å²) in [6, 6.07) is 9.39. The van der Waals surface area contributed by atoms with Crippen LogP contribution in [0.1, 0.15) is 96.5 Å². The summed E-state index contributed by atoms with van der Waals surface area (Å²) >= 11 is 0. The predicted molar refractivity (Wildman–Crippen MR) is 158 cm³/mol. The Hall–Kier alpha value is -2.68. The first kappa shape index (κ1) is 29.4. The Morgan fingerprint density at radius 1 is 1.02 bits per heavy atom. The Morgan fingerprint density at radius 3 is 2.38 bits per heavy atom. The summed E-state index contributed by atoms with van der Waals surface area (Å²) in [4.78, 5) is 47.6. The molecule has 1 aromatic carbocycles. The van der Waals surface area contributed by atoms with Crippen LogP contribution in [0.2, 0.25) is 0 Å². The first-order chi connectivity index (χ1) is 19.9. The van der Waals surface area contributed by atoms with Crippen LogP contribution >= 0.6 is 0 Å². The summed E-state index contributed by atoms with van der Waals surface area (Å²) in [5.74, 6) is 0.181. The fourth-order valence-electron chi connectivity index (χ4n) is 8.01. The Labute approximate surface area is 249 Å². The third-order valence-corrected chi connectivity index (χ3v) is 10.5. The Bertz CT molecular complexity index is 1180. The van der Waals surface area contributed by atoms with Gasteiger partial charge in [0.2, 0.25) is 11.8 Å². The standard InChI is InChI=1S/C33H47FN4O4/c1-32(2,3)42-31(41)35-27-12-10-24(36(4)26-16-23(34)17-26)18-25-11-13-28(38(25)29(27)39)30(40)37-20-22(19-33(37)14-15-33)21-8-6-5-7-9-21/h5-9,22-28H,10-20H2,1-4H3,(H,35,41)/t22-,23?,24-,25+,26?,27-,28-/m0/s1. The Morgan fingerprint density at radius 2 is 1.74 bits per heavy atom. The molecule has 3 saturated heterocycles. The highest BCUT2D eigenvalue weighted by Crippen LogP contribution is 2.54. The summed E-state index contributed by atoms with van der Waals surface area (Å²) in [6.45, 7) is 6.08. The highest BCUT2D eigenvalue weighted by Gasteiger charge is 2.58. The van der Waals surface area contributed by atoms with Gasteiger partial charge in [-0.3, -0.25) is 9.59 Å². The summed E-state index contributed by atoms with van der Waals surface area (Å²) in [6.07, 6.45) is 6.03. The van der Waals surface area contributed by atoms with Crippen LogP contribution in [0, 0.1) is 0 Å². The van der Waals surface area contributed by atoms with E-state index in [9.17, 15) is 18.8 Å². The number of carbonyl (C=O) groups excluding carboxylic acids is 3. The van der Waals surface area contributed by atoms with Crippen LogP contribution in [0.15, 0.2) is 30.3 Å². The van der Waals surface area contributed by atoms with Crippen molar-refractivity contribution >= 4 is 17.9 Å². The average molecular weight is 583 g/mol. The lowest BCUT2D eigenvalue weighted by Crippen LogP contribution is -2.60. The molecule has 1 N–H and O–H groups in total. The highest BCUT2D eigenvalue weighted by atomic mass is 19.1. The number of alkyl halides is 1. The first-order valence-corrected chi connectivity index (χ1v) is 16.0. The molecule has 8 nitrogen and oxygen atoms in total. The van der Waals surface area contributed by atoms with Crippen molar-refractivity contribution in [3.63, 3.8) is 0 Å². The molecule has 230 valence electrons. The third-order valence-electron chi connectivity index (χ3n) is 10.5. The maximum atomic E-state index is 14.4. The number of hydrogen-bond donors (Lipinski definition) is 1. The number of nitrogens with one attached hydrogen (secondary N) is 1. The maximum absolute atomic E-state index is 14.4. The molecule has 9 heteroatoms. The molecule has 5 fully saturated rings. The number of fused-ring (bicyclic) bond motifs is 1. The number of alkyl carbamates (subject to hydrolysis) is 1. The van der Waals surface area contributed by atoms with Gasteiger partial charge < -0.3 is 24.8 Å². The number of benzene rings is 1. The molecule has 5 atom stereocenters. The lowest BCUT2D eigenvalue weighted by molar-refractivity contribution is -0.148. The van der Waals surface area contributed by atoms with Crippen molar-refractivity contribution < 1.29 is 23.5 Å². The molecule has 3 aliphatic heterocycles. The van der Waals surface area contributed by atoms with Crippen molar-refractivity contribution in [2.24, 2.45) is 0 Å². The minimum Gasteiger partial charge on any atom is -0.444 e. The minimum absolute atomic E-state index is 0.0579. The van der Waals surface area contributed by atoms with Crippen LogP contribution in [-0.2, 0) is 14.3 Å². The molecular formula is C33H47FN4O4. The van der Waals surface area contributed by atoms with E-state index in [0.29, 0.717) is 44.6 Å². The summed E-state index contributed by atoms with van der Waals surface area (Å²) in [5, 5.41) is 2.86. The third kappa shape index (κ3) is 5.78. The number of rotatable bonds is 5. The van der Waals surface area contributed by atoms with E-state index < -0.39 is 29.9 Å². The van der Waals surface area contributed by atoms with Crippen LogP contribution < -0.4 is 5.32 Å². The van der Waals surface area contributed by atoms with Crippen molar-refractivity contribution in [2.45, 2.75) is 138 Å². The van der Waals surface area contributed by atoms with Gasteiger partial charge in [-0.25, -0.2) is 9.18 Å². The number of likely N-dealkylation sites (tertiary alicyclic amines) is 1. The minimum atomic E-state index is -0.771. The van der Waals surface area contributed by atoms with E-state index in [1.807, 2.05) is 11.0 Å². The maximum Gasteiger partial charge on any atom is 0.408 e. The van der Waals surface area contributed by atoms with E-state index in [1.54, 1.807) is 20.8 Å². The average Bonchev–Trinajstić information content (AvgIpc) is 3.41. The molecule has 0 bridgehead atoms. The largest absolute Gasteiger partial charge is 0.444 e. The van der Waals surface area contributed by atoms with Gasteiger partial charge in [0.05, 0.1) is 0 Å². The van der Waals surface area contributed by atoms with Gasteiger partial charge in [0.15, 0.2) is 0 Å². The SMILES string of the molecule is CN(C1CC(F)C1)[C@H]1CC[C@H](NC(=O)OC(C)(C)C)C(=O)N2[C@H](CC[C@H]2C(=O)N2C[C@@H](c3ccccc3)CC23CC3)C1. The number of ether oxygens (including phenoxy) is 1. The van der Waals surface area contributed by atoms with E-state index in [1.165, 1.54) is 5.56 Å². The van der Waals surface area contributed by atoms with Crippen molar-refractivity contribution in [3.05, 3.63) is 35.9 Å². The van der Waals surface area contributed by atoms with Crippen LogP contribution in [0.4, 0.5) is 9.18 Å². The van der Waals surface area contributed by atoms with Gasteiger partial charge in [-0.05, 0) is 97.6 Å². The van der Waals surface area contributed by atoms with Gasteiger partial charge in [0.25, 0.3) is 0 Å². The van der Waals surface area contributed by atoms with E-state index in [0.717, 1.165) is 32.1 Å². The van der Waals surface area contributed by atoms with Gasteiger partial charge >= 0.3 is 6.09 Å². The molecule has 42 heavy (non-hydrogen) atoms. The summed E-state index contributed by atoms with van der Waals surface area (Å²) < 4.78 is 19.3.